The second-order valence-electron chi connectivity index (χ2n) is 6.62. The van der Waals surface area contributed by atoms with Crippen molar-refractivity contribution in [1.29, 1.82) is 0 Å². The van der Waals surface area contributed by atoms with Crippen molar-refractivity contribution in [2.45, 2.75) is 19.9 Å². The van der Waals surface area contributed by atoms with Crippen molar-refractivity contribution in [2.24, 2.45) is 0 Å². The third-order valence-electron chi connectivity index (χ3n) is 4.92. The van der Waals surface area contributed by atoms with Gasteiger partial charge in [0.25, 0.3) is 5.91 Å². The first kappa shape index (κ1) is 18.4. The monoisotopic (exact) mass is 395 g/mol. The second kappa shape index (κ2) is 7.59. The van der Waals surface area contributed by atoms with Gasteiger partial charge in [0.1, 0.15) is 9.88 Å². The quantitative estimate of drug-likeness (QED) is 0.674. The van der Waals surface area contributed by atoms with Crippen LogP contribution in [0.2, 0.25) is 0 Å². The first-order valence-electron chi connectivity index (χ1n) is 9.01. The number of pyridine rings is 1. The molecule has 28 heavy (non-hydrogen) atoms. The summed E-state index contributed by atoms with van der Waals surface area (Å²) in [7, 11) is 3.26. The number of hydrogen-bond acceptors (Lipinski definition) is 6. The summed E-state index contributed by atoms with van der Waals surface area (Å²) in [4.78, 5) is 24.4. The van der Waals surface area contributed by atoms with Gasteiger partial charge in [-0.1, -0.05) is 0 Å². The molecule has 3 heterocycles. The minimum atomic E-state index is 0.0238. The molecule has 0 fully saturated rings. The molecule has 0 bridgehead atoms. The number of thiazole rings is 1. The average Bonchev–Trinajstić information content (AvgIpc) is 3.14. The standard InChI is InChI=1S/C21H21N3O3S/c1-13-19(28-20(23-13)14-4-7-22-8-5-14)21(25)24-9-6-15-10-17(26-2)18(27-3)11-16(15)12-24/h4-5,7-8,10-11H,6,9,12H2,1-3H3. The summed E-state index contributed by atoms with van der Waals surface area (Å²) in [5, 5.41) is 0.840. The third kappa shape index (κ3) is 3.33. The first-order chi connectivity index (χ1) is 13.6. The Morgan fingerprint density at radius 3 is 2.46 bits per heavy atom. The van der Waals surface area contributed by atoms with E-state index in [2.05, 4.69) is 9.97 Å². The summed E-state index contributed by atoms with van der Waals surface area (Å²) in [5.74, 6) is 1.43. The first-order valence-corrected chi connectivity index (χ1v) is 9.83. The molecule has 7 heteroatoms. The zero-order chi connectivity index (χ0) is 19.7. The van der Waals surface area contributed by atoms with Gasteiger partial charge in [-0.15, -0.1) is 11.3 Å². The van der Waals surface area contributed by atoms with E-state index in [9.17, 15) is 4.79 Å². The molecule has 3 aromatic rings. The van der Waals surface area contributed by atoms with Gasteiger partial charge in [0.05, 0.1) is 19.9 Å². The SMILES string of the molecule is COc1cc2c(cc1OC)CN(C(=O)c1sc(-c3ccncc3)nc1C)CC2. The van der Waals surface area contributed by atoms with Crippen LogP contribution in [0.3, 0.4) is 0 Å². The average molecular weight is 395 g/mol. The number of hydrogen-bond donors (Lipinski definition) is 0. The fourth-order valence-electron chi connectivity index (χ4n) is 3.41. The van der Waals surface area contributed by atoms with E-state index in [1.54, 1.807) is 26.6 Å². The molecular formula is C21H21N3O3S. The number of aryl methyl sites for hydroxylation is 1. The normalized spacial score (nSPS) is 13.2. The summed E-state index contributed by atoms with van der Waals surface area (Å²) in [5.41, 5.74) is 4.02. The van der Waals surface area contributed by atoms with Gasteiger partial charge in [0.2, 0.25) is 0 Å². The number of rotatable bonds is 4. The number of fused-ring (bicyclic) bond motifs is 1. The van der Waals surface area contributed by atoms with Crippen LogP contribution >= 0.6 is 11.3 Å². The van der Waals surface area contributed by atoms with Crippen molar-refractivity contribution in [3.05, 3.63) is 58.4 Å². The summed E-state index contributed by atoms with van der Waals surface area (Å²) in [6, 6.07) is 7.79. The van der Waals surface area contributed by atoms with Crippen LogP contribution in [-0.2, 0) is 13.0 Å². The largest absolute Gasteiger partial charge is 0.493 e. The van der Waals surface area contributed by atoms with Crippen LogP contribution in [0.5, 0.6) is 11.5 Å². The summed E-state index contributed by atoms with van der Waals surface area (Å²) >= 11 is 1.43. The molecule has 1 amide bonds. The van der Waals surface area contributed by atoms with Crippen molar-refractivity contribution in [1.82, 2.24) is 14.9 Å². The van der Waals surface area contributed by atoms with Gasteiger partial charge in [-0.3, -0.25) is 9.78 Å². The van der Waals surface area contributed by atoms with Gasteiger partial charge < -0.3 is 14.4 Å². The van der Waals surface area contributed by atoms with Crippen molar-refractivity contribution >= 4 is 17.2 Å². The van der Waals surface area contributed by atoms with Crippen LogP contribution in [-0.4, -0.2) is 41.5 Å². The molecule has 0 N–H and O–H groups in total. The number of nitrogens with zero attached hydrogens (tertiary/aromatic N) is 3. The van der Waals surface area contributed by atoms with Crippen molar-refractivity contribution in [3.63, 3.8) is 0 Å². The Morgan fingerprint density at radius 2 is 1.79 bits per heavy atom. The van der Waals surface area contributed by atoms with Crippen molar-refractivity contribution in [2.75, 3.05) is 20.8 Å². The Kier molecular flexibility index (Phi) is 5.00. The van der Waals surface area contributed by atoms with Crippen LogP contribution in [0.25, 0.3) is 10.6 Å². The highest BCUT2D eigenvalue weighted by atomic mass is 32.1. The lowest BCUT2D eigenvalue weighted by Crippen LogP contribution is -2.35. The maximum atomic E-state index is 13.2. The van der Waals surface area contributed by atoms with E-state index in [1.807, 2.05) is 36.1 Å². The van der Waals surface area contributed by atoms with Gasteiger partial charge in [0, 0.05) is 31.0 Å². The Balaban J connectivity index is 1.60. The third-order valence-corrected chi connectivity index (χ3v) is 6.12. The Bertz CT molecular complexity index is 1020. The predicted molar refractivity (Wildman–Crippen MR) is 108 cm³/mol. The van der Waals surface area contributed by atoms with E-state index < -0.39 is 0 Å². The van der Waals surface area contributed by atoms with Crippen LogP contribution in [0.4, 0.5) is 0 Å². The molecule has 144 valence electrons. The lowest BCUT2D eigenvalue weighted by atomic mass is 9.98. The zero-order valence-electron chi connectivity index (χ0n) is 16.1. The molecule has 0 atom stereocenters. The fraction of sp³-hybridized carbons (Fsp3) is 0.286. The molecule has 4 rings (SSSR count). The predicted octanol–water partition coefficient (Wildman–Crippen LogP) is 3.73. The van der Waals surface area contributed by atoms with Crippen LogP contribution < -0.4 is 9.47 Å². The minimum Gasteiger partial charge on any atom is -0.493 e. The molecule has 0 aliphatic carbocycles. The van der Waals surface area contributed by atoms with Gasteiger partial charge >= 0.3 is 0 Å². The number of carbonyl (C=O) groups is 1. The number of methoxy groups -OCH3 is 2. The van der Waals surface area contributed by atoms with E-state index in [0.29, 0.717) is 23.7 Å². The molecule has 6 nitrogen and oxygen atoms in total. The Morgan fingerprint density at radius 1 is 1.11 bits per heavy atom. The van der Waals surface area contributed by atoms with Crippen molar-refractivity contribution in [3.8, 4) is 22.1 Å². The molecule has 1 aliphatic rings. The Hall–Kier alpha value is -2.93. The summed E-state index contributed by atoms with van der Waals surface area (Å²) in [6.07, 6.45) is 4.25. The maximum Gasteiger partial charge on any atom is 0.266 e. The second-order valence-corrected chi connectivity index (χ2v) is 7.62. The highest BCUT2D eigenvalue weighted by Crippen LogP contribution is 2.34. The van der Waals surface area contributed by atoms with Gasteiger partial charge in [-0.25, -0.2) is 4.98 Å². The van der Waals surface area contributed by atoms with Gasteiger partial charge in [-0.05, 0) is 48.7 Å². The van der Waals surface area contributed by atoms with Crippen LogP contribution in [0.1, 0.15) is 26.5 Å². The number of benzene rings is 1. The molecule has 0 saturated carbocycles. The van der Waals surface area contributed by atoms with E-state index >= 15 is 0 Å². The molecule has 0 radical (unpaired) electrons. The number of ether oxygens (including phenoxy) is 2. The minimum absolute atomic E-state index is 0.0238. The van der Waals surface area contributed by atoms with Crippen LogP contribution in [0.15, 0.2) is 36.7 Å². The Labute approximate surface area is 167 Å². The lowest BCUT2D eigenvalue weighted by molar-refractivity contribution is 0.0738. The van der Waals surface area contributed by atoms with Crippen molar-refractivity contribution < 1.29 is 14.3 Å². The van der Waals surface area contributed by atoms with Crippen LogP contribution in [0, 0.1) is 6.92 Å². The molecule has 0 saturated heterocycles. The molecular weight excluding hydrogens is 374 g/mol. The van der Waals surface area contributed by atoms with Gasteiger partial charge in [-0.2, -0.15) is 0 Å². The molecule has 1 aromatic carbocycles. The van der Waals surface area contributed by atoms with E-state index in [-0.39, 0.29) is 5.91 Å². The lowest BCUT2D eigenvalue weighted by Gasteiger charge is -2.29. The zero-order valence-corrected chi connectivity index (χ0v) is 16.9. The summed E-state index contributed by atoms with van der Waals surface area (Å²) < 4.78 is 10.8. The summed E-state index contributed by atoms with van der Waals surface area (Å²) in [6.45, 7) is 3.11. The van der Waals surface area contributed by atoms with E-state index in [0.717, 1.165) is 34.0 Å². The molecule has 1 aliphatic heterocycles. The molecule has 0 spiro atoms. The molecule has 2 aromatic heterocycles. The fourth-order valence-corrected chi connectivity index (χ4v) is 4.45. The topological polar surface area (TPSA) is 64.6 Å². The number of amides is 1. The number of carbonyl (C=O) groups excluding carboxylic acids is 1. The highest BCUT2D eigenvalue weighted by Gasteiger charge is 2.26. The van der Waals surface area contributed by atoms with E-state index in [4.69, 9.17) is 9.47 Å². The maximum absolute atomic E-state index is 13.2. The van der Waals surface area contributed by atoms with Gasteiger partial charge in [0.15, 0.2) is 11.5 Å². The van der Waals surface area contributed by atoms with E-state index in [1.165, 1.54) is 16.9 Å². The molecule has 0 unspecified atom stereocenters. The highest BCUT2D eigenvalue weighted by molar-refractivity contribution is 7.17. The number of aromatic nitrogens is 2. The smallest absolute Gasteiger partial charge is 0.266 e.